The number of carboxylic acid groups (broad SMARTS) is 1. The van der Waals surface area contributed by atoms with E-state index in [9.17, 15) is 24.3 Å². The topological polar surface area (TPSA) is 231 Å². The van der Waals surface area contributed by atoms with E-state index in [1.165, 1.54) is 6.92 Å². The van der Waals surface area contributed by atoms with Gasteiger partial charge in [0.25, 0.3) is 0 Å². The first-order valence-corrected chi connectivity index (χ1v) is 13.6. The number of amides is 3. The highest BCUT2D eigenvalue weighted by atomic mass is 16.4. The molecule has 4 unspecified atom stereocenters. The van der Waals surface area contributed by atoms with Gasteiger partial charge in [0.2, 0.25) is 17.7 Å². The van der Waals surface area contributed by atoms with Crippen molar-refractivity contribution in [3.8, 4) is 0 Å². The molecule has 0 saturated carbocycles. The number of carbonyl (C=O) groups is 4. The average molecular weight is 579 g/mol. The van der Waals surface area contributed by atoms with Crippen molar-refractivity contribution in [3.05, 3.63) is 71.9 Å². The third kappa shape index (κ3) is 9.34. The minimum atomic E-state index is -1.27. The van der Waals surface area contributed by atoms with Crippen LogP contribution in [0.1, 0.15) is 30.9 Å². The Hall–Kier alpha value is -4.91. The minimum absolute atomic E-state index is 0.0147. The van der Waals surface area contributed by atoms with Crippen LogP contribution in [0.15, 0.2) is 65.8 Å². The zero-order valence-electron chi connectivity index (χ0n) is 23.4. The Morgan fingerprint density at radius 3 is 2.14 bits per heavy atom. The van der Waals surface area contributed by atoms with E-state index in [1.807, 2.05) is 30.3 Å². The molecule has 224 valence electrons. The van der Waals surface area contributed by atoms with Gasteiger partial charge in [-0.3, -0.25) is 19.4 Å². The highest BCUT2D eigenvalue weighted by molar-refractivity contribution is 5.94. The number of aliphatic imine (C=N–C) groups is 1. The highest BCUT2D eigenvalue weighted by Crippen LogP contribution is 2.19. The summed E-state index contributed by atoms with van der Waals surface area (Å²) in [5, 5.41) is 18.6. The summed E-state index contributed by atoms with van der Waals surface area (Å²) in [7, 11) is 0. The molecule has 3 amide bonds. The van der Waals surface area contributed by atoms with E-state index in [4.69, 9.17) is 17.2 Å². The lowest BCUT2D eigenvalue weighted by Crippen LogP contribution is -2.57. The quantitative estimate of drug-likeness (QED) is 0.0687. The standard InChI is InChI=1S/C29H38N8O5/c1-17(30)25(38)36-23(14-18-8-3-2-4-9-18)27(40)35-22(12-7-13-33-29(31)32)26(39)37-24(28(41)42)15-19-16-34-21-11-6-5-10-20(19)21/h2-6,8-11,16-17,22-24,34H,7,12-15,30H2,1H3,(H,35,40)(H,36,38)(H,37,39)(H,41,42)(H4,31,32,33). The highest BCUT2D eigenvalue weighted by Gasteiger charge is 2.30. The number of aliphatic carboxylic acids is 1. The van der Waals surface area contributed by atoms with E-state index in [0.29, 0.717) is 12.0 Å². The fourth-order valence-corrected chi connectivity index (χ4v) is 4.40. The predicted octanol–water partition coefficient (Wildman–Crippen LogP) is -0.107. The molecule has 13 heteroatoms. The van der Waals surface area contributed by atoms with E-state index < -0.39 is 47.9 Å². The van der Waals surface area contributed by atoms with E-state index in [0.717, 1.165) is 16.5 Å². The molecule has 3 aromatic rings. The summed E-state index contributed by atoms with van der Waals surface area (Å²) < 4.78 is 0. The van der Waals surface area contributed by atoms with E-state index in [1.54, 1.807) is 30.5 Å². The third-order valence-corrected chi connectivity index (χ3v) is 6.62. The van der Waals surface area contributed by atoms with Gasteiger partial charge in [-0.15, -0.1) is 0 Å². The summed E-state index contributed by atoms with van der Waals surface area (Å²) in [6, 6.07) is 12.1. The van der Waals surface area contributed by atoms with Gasteiger partial charge in [-0.25, -0.2) is 4.79 Å². The van der Waals surface area contributed by atoms with Gasteiger partial charge in [0.15, 0.2) is 5.96 Å². The Labute approximate surface area is 243 Å². The Morgan fingerprint density at radius 2 is 1.48 bits per heavy atom. The Bertz CT molecular complexity index is 1400. The number of carboxylic acids is 1. The predicted molar refractivity (Wildman–Crippen MR) is 159 cm³/mol. The van der Waals surface area contributed by atoms with E-state index in [-0.39, 0.29) is 31.8 Å². The summed E-state index contributed by atoms with van der Waals surface area (Å²) in [6.45, 7) is 1.68. The van der Waals surface area contributed by atoms with Gasteiger partial charge < -0.3 is 43.2 Å². The van der Waals surface area contributed by atoms with E-state index in [2.05, 4.69) is 25.9 Å². The summed E-state index contributed by atoms with van der Waals surface area (Å²) in [5.74, 6) is -3.21. The number of rotatable bonds is 15. The number of aromatic nitrogens is 1. The van der Waals surface area contributed by atoms with Gasteiger partial charge in [-0.1, -0.05) is 48.5 Å². The largest absolute Gasteiger partial charge is 0.480 e. The maximum absolute atomic E-state index is 13.4. The molecule has 0 saturated heterocycles. The first-order chi connectivity index (χ1) is 20.0. The van der Waals surface area contributed by atoms with Crippen LogP contribution in [0.3, 0.4) is 0 Å². The lowest BCUT2D eigenvalue weighted by molar-refractivity contribution is -0.142. The first-order valence-electron chi connectivity index (χ1n) is 13.6. The summed E-state index contributed by atoms with van der Waals surface area (Å²) >= 11 is 0. The summed E-state index contributed by atoms with van der Waals surface area (Å²) in [5.41, 5.74) is 18.8. The number of hydrogen-bond acceptors (Lipinski definition) is 6. The molecule has 0 aliphatic rings. The Balaban J connectivity index is 1.79. The number of guanidine groups is 1. The van der Waals surface area contributed by atoms with Crippen LogP contribution in [0.25, 0.3) is 10.9 Å². The lowest BCUT2D eigenvalue weighted by atomic mass is 10.0. The molecule has 1 heterocycles. The number of fused-ring (bicyclic) bond motifs is 1. The zero-order chi connectivity index (χ0) is 30.6. The smallest absolute Gasteiger partial charge is 0.326 e. The number of aromatic amines is 1. The van der Waals surface area contributed by atoms with Crippen LogP contribution in [0.4, 0.5) is 0 Å². The molecule has 0 aliphatic carbocycles. The molecule has 0 radical (unpaired) electrons. The van der Waals surface area contributed by atoms with Gasteiger partial charge in [-0.05, 0) is 37.0 Å². The SMILES string of the molecule is CC(N)C(=O)NC(Cc1ccccc1)C(=O)NC(CCCN=C(N)N)C(=O)NC(Cc1c[nH]c2ccccc12)C(=O)O. The maximum atomic E-state index is 13.4. The molecule has 0 bridgehead atoms. The number of nitrogens with one attached hydrogen (secondary N) is 4. The van der Waals surface area contributed by atoms with Gasteiger partial charge >= 0.3 is 5.97 Å². The molecule has 4 atom stereocenters. The second-order valence-corrected chi connectivity index (χ2v) is 10.0. The molecule has 2 aromatic carbocycles. The summed E-state index contributed by atoms with van der Waals surface area (Å²) in [4.78, 5) is 58.5. The average Bonchev–Trinajstić information content (AvgIpc) is 3.36. The molecular weight excluding hydrogens is 540 g/mol. The molecular formula is C29H38N8O5. The lowest BCUT2D eigenvalue weighted by Gasteiger charge is -2.25. The third-order valence-electron chi connectivity index (χ3n) is 6.62. The van der Waals surface area contributed by atoms with Gasteiger partial charge in [0.05, 0.1) is 6.04 Å². The number of para-hydroxylation sites is 1. The van der Waals surface area contributed by atoms with Crippen molar-refractivity contribution in [1.29, 1.82) is 0 Å². The maximum Gasteiger partial charge on any atom is 0.326 e. The second kappa shape index (κ2) is 15.2. The molecule has 11 N–H and O–H groups in total. The zero-order valence-corrected chi connectivity index (χ0v) is 23.4. The van der Waals surface area contributed by atoms with Gasteiger partial charge in [0.1, 0.15) is 18.1 Å². The monoisotopic (exact) mass is 578 g/mol. The molecule has 0 aliphatic heterocycles. The fourth-order valence-electron chi connectivity index (χ4n) is 4.40. The van der Waals surface area contributed by atoms with Crippen LogP contribution in [-0.4, -0.2) is 70.5 Å². The first kappa shape index (κ1) is 31.6. The molecule has 42 heavy (non-hydrogen) atoms. The number of H-pyrrole nitrogens is 1. The Morgan fingerprint density at radius 1 is 0.857 bits per heavy atom. The normalized spacial score (nSPS) is 13.8. The fraction of sp³-hybridized carbons (Fsp3) is 0.345. The number of benzene rings is 2. The van der Waals surface area contributed by atoms with Gasteiger partial charge in [0, 0.05) is 36.5 Å². The van der Waals surface area contributed by atoms with Crippen molar-refractivity contribution >= 4 is 40.6 Å². The van der Waals surface area contributed by atoms with Crippen molar-refractivity contribution in [2.75, 3.05) is 6.54 Å². The second-order valence-electron chi connectivity index (χ2n) is 10.0. The van der Waals surface area contributed by atoms with Crippen molar-refractivity contribution in [3.63, 3.8) is 0 Å². The Kier molecular flexibility index (Phi) is 11.4. The van der Waals surface area contributed by atoms with Crippen molar-refractivity contribution in [1.82, 2.24) is 20.9 Å². The van der Waals surface area contributed by atoms with Crippen LogP contribution < -0.4 is 33.2 Å². The molecule has 13 nitrogen and oxygen atoms in total. The van der Waals surface area contributed by atoms with Crippen molar-refractivity contribution in [2.45, 2.75) is 56.8 Å². The van der Waals surface area contributed by atoms with Crippen molar-refractivity contribution < 1.29 is 24.3 Å². The van der Waals surface area contributed by atoms with E-state index >= 15 is 0 Å². The number of carbonyl (C=O) groups excluding carboxylic acids is 3. The van der Waals surface area contributed by atoms with Crippen LogP contribution in [0, 0.1) is 0 Å². The number of nitrogens with two attached hydrogens (primary N) is 3. The van der Waals surface area contributed by atoms with Crippen LogP contribution in [0.5, 0.6) is 0 Å². The molecule has 3 rings (SSSR count). The van der Waals surface area contributed by atoms with Crippen LogP contribution >= 0.6 is 0 Å². The molecule has 0 fully saturated rings. The minimum Gasteiger partial charge on any atom is -0.480 e. The summed E-state index contributed by atoms with van der Waals surface area (Å²) in [6.07, 6.45) is 2.28. The van der Waals surface area contributed by atoms with Gasteiger partial charge in [-0.2, -0.15) is 0 Å². The number of nitrogens with zero attached hydrogens (tertiary/aromatic N) is 1. The number of hydrogen-bond donors (Lipinski definition) is 8. The van der Waals surface area contributed by atoms with Crippen LogP contribution in [0.2, 0.25) is 0 Å². The molecule has 0 spiro atoms. The van der Waals surface area contributed by atoms with Crippen LogP contribution in [-0.2, 0) is 32.0 Å². The molecule has 1 aromatic heterocycles. The van der Waals surface area contributed by atoms with Crippen molar-refractivity contribution in [2.24, 2.45) is 22.2 Å².